The predicted molar refractivity (Wildman–Crippen MR) is 172 cm³/mol. The minimum absolute atomic E-state index is 0.495. The fourth-order valence-electron chi connectivity index (χ4n) is 4.39. The van der Waals surface area contributed by atoms with E-state index in [0.717, 1.165) is 44.9 Å². The predicted octanol–water partition coefficient (Wildman–Crippen LogP) is 9.20. The minimum atomic E-state index is 0.495. The normalized spacial score (nSPS) is 11.1. The molecule has 0 aliphatic heterocycles. The summed E-state index contributed by atoms with van der Waals surface area (Å²) in [6.45, 7) is 0.990. The molecule has 0 N–H and O–H groups in total. The summed E-state index contributed by atoms with van der Waals surface area (Å²) < 4.78 is 23.1. The van der Waals surface area contributed by atoms with E-state index in [4.69, 9.17) is 18.9 Å². The highest BCUT2D eigenvalue weighted by atomic mass is 16.5. The lowest BCUT2D eigenvalue weighted by Gasteiger charge is -2.11. The Labute approximate surface area is 248 Å². The van der Waals surface area contributed by atoms with E-state index in [0.29, 0.717) is 24.7 Å². The first-order chi connectivity index (χ1) is 20.7. The number of rotatable bonds is 12. The third kappa shape index (κ3) is 7.92. The van der Waals surface area contributed by atoms with Gasteiger partial charge in [-0.15, -0.1) is 0 Å². The van der Waals surface area contributed by atoms with E-state index >= 15 is 0 Å². The van der Waals surface area contributed by atoms with Gasteiger partial charge in [0.05, 0.1) is 14.2 Å². The van der Waals surface area contributed by atoms with Gasteiger partial charge in [0, 0.05) is 0 Å². The van der Waals surface area contributed by atoms with Gasteiger partial charge < -0.3 is 18.9 Å². The van der Waals surface area contributed by atoms with Crippen molar-refractivity contribution in [3.63, 3.8) is 0 Å². The van der Waals surface area contributed by atoms with Crippen LogP contribution in [-0.4, -0.2) is 14.2 Å². The molecule has 0 aliphatic rings. The van der Waals surface area contributed by atoms with Gasteiger partial charge in [-0.1, -0.05) is 121 Å². The van der Waals surface area contributed by atoms with Crippen LogP contribution in [-0.2, 0) is 13.2 Å². The van der Waals surface area contributed by atoms with E-state index in [-0.39, 0.29) is 0 Å². The van der Waals surface area contributed by atoms with E-state index < -0.39 is 0 Å². The van der Waals surface area contributed by atoms with Gasteiger partial charge in [0.1, 0.15) is 13.2 Å². The molecule has 5 aromatic carbocycles. The Morgan fingerprint density at radius 2 is 0.762 bits per heavy atom. The van der Waals surface area contributed by atoms with Crippen LogP contribution >= 0.6 is 0 Å². The number of hydrogen-bond acceptors (Lipinski definition) is 4. The molecule has 0 unspecified atom stereocenters. The molecule has 0 spiro atoms. The second-order valence-electron chi connectivity index (χ2n) is 9.70. The van der Waals surface area contributed by atoms with Gasteiger partial charge in [-0.05, 0) is 57.6 Å². The van der Waals surface area contributed by atoms with E-state index in [2.05, 4.69) is 48.6 Å². The molecule has 0 saturated carbocycles. The molecule has 42 heavy (non-hydrogen) atoms. The summed E-state index contributed by atoms with van der Waals surface area (Å²) in [5.41, 5.74) is 6.52. The lowest BCUT2D eigenvalue weighted by Crippen LogP contribution is -1.97. The van der Waals surface area contributed by atoms with Gasteiger partial charge in [-0.2, -0.15) is 0 Å². The van der Waals surface area contributed by atoms with Crippen LogP contribution in [0.2, 0.25) is 0 Å². The van der Waals surface area contributed by atoms with Crippen molar-refractivity contribution in [2.75, 3.05) is 14.2 Å². The summed E-state index contributed by atoms with van der Waals surface area (Å²) in [5, 5.41) is 0. The number of methoxy groups -OCH3 is 2. The van der Waals surface area contributed by atoms with Crippen molar-refractivity contribution in [2.24, 2.45) is 0 Å². The van der Waals surface area contributed by atoms with Gasteiger partial charge in [-0.25, -0.2) is 0 Å². The highest BCUT2D eigenvalue weighted by Crippen LogP contribution is 2.31. The summed E-state index contributed by atoms with van der Waals surface area (Å²) in [6, 6.07) is 40.5. The van der Waals surface area contributed by atoms with Crippen molar-refractivity contribution in [3.05, 3.63) is 155 Å². The van der Waals surface area contributed by atoms with Gasteiger partial charge >= 0.3 is 0 Å². The minimum Gasteiger partial charge on any atom is -0.493 e. The van der Waals surface area contributed by atoms with Crippen LogP contribution in [0.15, 0.2) is 121 Å². The summed E-state index contributed by atoms with van der Waals surface area (Å²) in [7, 11) is 3.32. The molecule has 0 radical (unpaired) electrons. The highest BCUT2D eigenvalue weighted by molar-refractivity contribution is 5.74. The molecule has 4 nitrogen and oxygen atoms in total. The van der Waals surface area contributed by atoms with E-state index in [9.17, 15) is 0 Å². The SMILES string of the molecule is COc1cc(C=Cc2ccc(C=Cc3ccc(OCc4ccccc4)c(OC)c3)cc2)ccc1OCc1ccccc1. The van der Waals surface area contributed by atoms with Crippen molar-refractivity contribution in [3.8, 4) is 23.0 Å². The maximum Gasteiger partial charge on any atom is 0.161 e. The van der Waals surface area contributed by atoms with Crippen molar-refractivity contribution in [1.82, 2.24) is 0 Å². The Morgan fingerprint density at radius 1 is 0.405 bits per heavy atom. The quantitative estimate of drug-likeness (QED) is 0.144. The number of hydrogen-bond donors (Lipinski definition) is 0. The number of ether oxygens (including phenoxy) is 4. The molecule has 5 rings (SSSR count). The third-order valence-corrected chi connectivity index (χ3v) is 6.72. The Hall–Kier alpha value is -5.22. The molecule has 0 amide bonds. The van der Waals surface area contributed by atoms with Crippen LogP contribution < -0.4 is 18.9 Å². The molecule has 0 heterocycles. The Bertz CT molecular complexity index is 1500. The lowest BCUT2D eigenvalue weighted by atomic mass is 10.1. The smallest absolute Gasteiger partial charge is 0.161 e. The topological polar surface area (TPSA) is 36.9 Å². The first kappa shape index (κ1) is 28.3. The molecule has 0 fully saturated rings. The fraction of sp³-hybridized carbons (Fsp3) is 0.105. The maximum absolute atomic E-state index is 5.98. The molecule has 0 aliphatic carbocycles. The van der Waals surface area contributed by atoms with Crippen LogP contribution in [0.1, 0.15) is 33.4 Å². The first-order valence-electron chi connectivity index (χ1n) is 13.9. The first-order valence-corrected chi connectivity index (χ1v) is 13.9. The number of benzene rings is 5. The molecule has 0 atom stereocenters. The molecule has 5 aromatic rings. The van der Waals surface area contributed by atoms with Gasteiger partial charge in [0.15, 0.2) is 23.0 Å². The fourth-order valence-corrected chi connectivity index (χ4v) is 4.39. The molecule has 0 bridgehead atoms. The largest absolute Gasteiger partial charge is 0.493 e. The van der Waals surface area contributed by atoms with Crippen molar-refractivity contribution in [2.45, 2.75) is 13.2 Å². The van der Waals surface area contributed by atoms with Crippen molar-refractivity contribution < 1.29 is 18.9 Å². The average molecular weight is 555 g/mol. The van der Waals surface area contributed by atoms with Crippen LogP contribution in [0.25, 0.3) is 24.3 Å². The van der Waals surface area contributed by atoms with Gasteiger partial charge in [0.25, 0.3) is 0 Å². The zero-order valence-corrected chi connectivity index (χ0v) is 23.9. The molecule has 0 saturated heterocycles. The zero-order valence-electron chi connectivity index (χ0n) is 23.9. The average Bonchev–Trinajstić information content (AvgIpc) is 3.06. The summed E-state index contributed by atoms with van der Waals surface area (Å²) in [6.07, 6.45) is 8.32. The zero-order chi connectivity index (χ0) is 29.0. The maximum atomic E-state index is 5.98. The molecule has 4 heteroatoms. The molecule has 0 aromatic heterocycles. The second-order valence-corrected chi connectivity index (χ2v) is 9.70. The standard InChI is InChI=1S/C38H34O4/c1-39-37-25-31(21-23-35(37)41-27-33-9-5-3-6-10-33)19-17-29-13-15-30(16-14-29)18-20-32-22-24-36(38(26-32)40-2)42-28-34-11-7-4-8-12-34/h3-26H,27-28H2,1-2H3. The van der Waals surface area contributed by atoms with Crippen molar-refractivity contribution >= 4 is 24.3 Å². The van der Waals surface area contributed by atoms with Crippen LogP contribution in [0.4, 0.5) is 0 Å². The summed E-state index contributed by atoms with van der Waals surface area (Å²) >= 11 is 0. The third-order valence-electron chi connectivity index (χ3n) is 6.72. The second kappa shape index (κ2) is 14.4. The highest BCUT2D eigenvalue weighted by Gasteiger charge is 2.07. The summed E-state index contributed by atoms with van der Waals surface area (Å²) in [4.78, 5) is 0. The summed E-state index contributed by atoms with van der Waals surface area (Å²) in [5.74, 6) is 2.87. The van der Waals surface area contributed by atoms with Crippen LogP contribution in [0.5, 0.6) is 23.0 Å². The lowest BCUT2D eigenvalue weighted by molar-refractivity contribution is 0.284. The molecular weight excluding hydrogens is 520 g/mol. The Balaban J connectivity index is 1.18. The van der Waals surface area contributed by atoms with Crippen LogP contribution in [0, 0.1) is 0 Å². The van der Waals surface area contributed by atoms with E-state index in [1.807, 2.05) is 97.1 Å². The molecular formula is C38H34O4. The van der Waals surface area contributed by atoms with Crippen molar-refractivity contribution in [1.29, 1.82) is 0 Å². The van der Waals surface area contributed by atoms with Crippen LogP contribution in [0.3, 0.4) is 0 Å². The van der Waals surface area contributed by atoms with E-state index in [1.54, 1.807) is 14.2 Å². The Kier molecular flexibility index (Phi) is 9.72. The molecule has 210 valence electrons. The Morgan fingerprint density at radius 3 is 1.14 bits per heavy atom. The van der Waals surface area contributed by atoms with Gasteiger partial charge in [0.2, 0.25) is 0 Å². The monoisotopic (exact) mass is 554 g/mol. The van der Waals surface area contributed by atoms with E-state index in [1.165, 1.54) is 0 Å². The van der Waals surface area contributed by atoms with Gasteiger partial charge in [-0.3, -0.25) is 0 Å².